The highest BCUT2D eigenvalue weighted by Gasteiger charge is 1.94. The summed E-state index contributed by atoms with van der Waals surface area (Å²) in [4.78, 5) is 0. The maximum Gasteiger partial charge on any atom is 0.0701 e. The van der Waals surface area contributed by atoms with Crippen molar-refractivity contribution >= 4 is 0 Å². The molecule has 1 heterocycles. The minimum absolute atomic E-state index is 0. The smallest absolute Gasteiger partial charge is 0.0701 e. The molecular formula is C5H16O4. The third-order valence-electron chi connectivity index (χ3n) is 0.304. The minimum atomic E-state index is -0.125. The summed E-state index contributed by atoms with van der Waals surface area (Å²) >= 11 is 0. The first-order valence-electron chi connectivity index (χ1n) is 2.21. The molecule has 0 bridgehead atoms. The van der Waals surface area contributed by atoms with Crippen molar-refractivity contribution in [3.8, 4) is 0 Å². The first-order chi connectivity index (χ1) is 3.41. The van der Waals surface area contributed by atoms with Gasteiger partial charge in [-0.15, -0.1) is 0 Å². The summed E-state index contributed by atoms with van der Waals surface area (Å²) < 4.78 is 4.50. The summed E-state index contributed by atoms with van der Waals surface area (Å²) in [5, 5.41) is 15.2. The Balaban J connectivity index is -0.0000000660. The standard InChI is InChI=1S/C2H6O2.C2H4O.CH4.H2O/c3-1-2-4;1-2-3-1;;/h3-4H,1-2H2;1-2H2;1H4;1H2. The first kappa shape index (κ1) is 15.9. The van der Waals surface area contributed by atoms with Gasteiger partial charge in [0, 0.05) is 0 Å². The zero-order valence-corrected chi connectivity index (χ0v) is 4.63. The largest absolute Gasteiger partial charge is 0.412 e. The van der Waals surface area contributed by atoms with Gasteiger partial charge >= 0.3 is 0 Å². The lowest BCUT2D eigenvalue weighted by molar-refractivity contribution is 0.186. The molecule has 0 aromatic rings. The van der Waals surface area contributed by atoms with Crippen molar-refractivity contribution in [2.45, 2.75) is 7.43 Å². The fourth-order valence-electron chi connectivity index (χ4n) is 0. The molecule has 1 saturated heterocycles. The van der Waals surface area contributed by atoms with Gasteiger partial charge in [0.25, 0.3) is 0 Å². The van der Waals surface area contributed by atoms with E-state index < -0.39 is 0 Å². The number of hydrogen-bond acceptors (Lipinski definition) is 3. The van der Waals surface area contributed by atoms with E-state index in [1.807, 2.05) is 0 Å². The average molecular weight is 140 g/mol. The van der Waals surface area contributed by atoms with E-state index in [1.165, 1.54) is 0 Å². The monoisotopic (exact) mass is 140 g/mol. The third-order valence-corrected chi connectivity index (χ3v) is 0.304. The highest BCUT2D eigenvalue weighted by molar-refractivity contribution is 4.36. The topological polar surface area (TPSA) is 84.5 Å². The molecule has 0 atom stereocenters. The summed E-state index contributed by atoms with van der Waals surface area (Å²) in [7, 11) is 0. The number of aliphatic hydroxyl groups excluding tert-OH is 2. The lowest BCUT2D eigenvalue weighted by Crippen LogP contribution is -1.85. The molecule has 60 valence electrons. The molecule has 0 aromatic carbocycles. The summed E-state index contributed by atoms with van der Waals surface area (Å²) in [5.74, 6) is 0. The Morgan fingerprint density at radius 3 is 1.33 bits per heavy atom. The number of ether oxygens (including phenoxy) is 1. The van der Waals surface area contributed by atoms with E-state index in [0.29, 0.717) is 0 Å². The van der Waals surface area contributed by atoms with Gasteiger partial charge in [0.15, 0.2) is 0 Å². The second-order valence-corrected chi connectivity index (χ2v) is 1.06. The van der Waals surface area contributed by atoms with E-state index in [-0.39, 0.29) is 26.1 Å². The lowest BCUT2D eigenvalue weighted by Gasteiger charge is -1.70. The molecule has 1 rings (SSSR count). The molecule has 4 nitrogen and oxygen atoms in total. The second-order valence-electron chi connectivity index (χ2n) is 1.06. The molecule has 0 radical (unpaired) electrons. The highest BCUT2D eigenvalue weighted by atomic mass is 16.6. The van der Waals surface area contributed by atoms with Gasteiger partial charge in [-0.1, -0.05) is 7.43 Å². The molecule has 4 N–H and O–H groups in total. The summed E-state index contributed by atoms with van der Waals surface area (Å²) in [5.41, 5.74) is 0. The van der Waals surface area contributed by atoms with Crippen LogP contribution in [0.25, 0.3) is 0 Å². The van der Waals surface area contributed by atoms with Gasteiger partial charge in [-0.3, -0.25) is 0 Å². The van der Waals surface area contributed by atoms with Crippen molar-refractivity contribution in [3.63, 3.8) is 0 Å². The van der Waals surface area contributed by atoms with Gasteiger partial charge in [0.2, 0.25) is 0 Å². The van der Waals surface area contributed by atoms with Gasteiger partial charge in [-0.25, -0.2) is 0 Å². The average Bonchev–Trinajstić information content (AvgIpc) is 2.47. The molecular weight excluding hydrogens is 124 g/mol. The molecule has 0 unspecified atom stereocenters. The van der Waals surface area contributed by atoms with Crippen molar-refractivity contribution < 1.29 is 20.4 Å². The quantitative estimate of drug-likeness (QED) is 0.448. The van der Waals surface area contributed by atoms with Crippen LogP contribution in [0.15, 0.2) is 0 Å². The maximum absolute atomic E-state index is 7.62. The van der Waals surface area contributed by atoms with Gasteiger partial charge in [0.05, 0.1) is 26.4 Å². The SMILES string of the molecule is C.C1CO1.O.OCCO. The Morgan fingerprint density at radius 1 is 1.11 bits per heavy atom. The fraction of sp³-hybridized carbons (Fsp3) is 1.00. The molecule has 0 saturated carbocycles. The Hall–Kier alpha value is -0.160. The van der Waals surface area contributed by atoms with Crippen LogP contribution in [-0.2, 0) is 4.74 Å². The first-order valence-corrected chi connectivity index (χ1v) is 2.21. The van der Waals surface area contributed by atoms with Crippen LogP contribution in [0.5, 0.6) is 0 Å². The van der Waals surface area contributed by atoms with Gasteiger partial charge in [0.1, 0.15) is 0 Å². The van der Waals surface area contributed by atoms with Crippen LogP contribution < -0.4 is 0 Å². The molecule has 0 aromatic heterocycles. The second kappa shape index (κ2) is 15.7. The van der Waals surface area contributed by atoms with Gasteiger partial charge in [-0.2, -0.15) is 0 Å². The van der Waals surface area contributed by atoms with Gasteiger partial charge in [-0.05, 0) is 0 Å². The molecule has 0 amide bonds. The third kappa shape index (κ3) is 79.0. The molecule has 1 fully saturated rings. The number of hydrogen-bond donors (Lipinski definition) is 2. The van der Waals surface area contributed by atoms with E-state index in [9.17, 15) is 0 Å². The van der Waals surface area contributed by atoms with Crippen LogP contribution in [0.1, 0.15) is 7.43 Å². The molecule has 4 heteroatoms. The maximum atomic E-state index is 7.62. The Bertz CT molecular complexity index is 25.4. The van der Waals surface area contributed by atoms with E-state index in [1.54, 1.807) is 0 Å². The molecule has 9 heavy (non-hydrogen) atoms. The summed E-state index contributed by atoms with van der Waals surface area (Å²) in [6, 6.07) is 0. The van der Waals surface area contributed by atoms with Crippen LogP contribution in [0.3, 0.4) is 0 Å². The number of aliphatic hydroxyl groups is 2. The molecule has 1 aliphatic heterocycles. The minimum Gasteiger partial charge on any atom is -0.412 e. The molecule has 1 aliphatic rings. The predicted molar refractivity (Wildman–Crippen MR) is 35.3 cm³/mol. The van der Waals surface area contributed by atoms with Crippen molar-refractivity contribution in [1.29, 1.82) is 0 Å². The number of rotatable bonds is 1. The van der Waals surface area contributed by atoms with Crippen molar-refractivity contribution in [2.75, 3.05) is 26.4 Å². The Kier molecular flexibility index (Phi) is 27.7. The van der Waals surface area contributed by atoms with E-state index in [0.717, 1.165) is 13.2 Å². The van der Waals surface area contributed by atoms with Gasteiger partial charge < -0.3 is 20.4 Å². The van der Waals surface area contributed by atoms with Crippen LogP contribution in [0.4, 0.5) is 0 Å². The lowest BCUT2D eigenvalue weighted by atomic mass is 10.8. The van der Waals surface area contributed by atoms with Crippen molar-refractivity contribution in [1.82, 2.24) is 0 Å². The zero-order valence-electron chi connectivity index (χ0n) is 4.63. The Morgan fingerprint density at radius 2 is 1.33 bits per heavy atom. The van der Waals surface area contributed by atoms with E-state index in [4.69, 9.17) is 10.2 Å². The summed E-state index contributed by atoms with van der Waals surface area (Å²) in [6.45, 7) is 1.75. The van der Waals surface area contributed by atoms with Crippen molar-refractivity contribution in [3.05, 3.63) is 0 Å². The zero-order chi connectivity index (χ0) is 5.54. The van der Waals surface area contributed by atoms with Crippen LogP contribution in [0, 0.1) is 0 Å². The van der Waals surface area contributed by atoms with E-state index in [2.05, 4.69) is 4.74 Å². The number of epoxide rings is 1. The highest BCUT2D eigenvalue weighted by Crippen LogP contribution is 1.84. The Labute approximate surface area is 55.4 Å². The summed E-state index contributed by atoms with van der Waals surface area (Å²) in [6.07, 6.45) is 0. The van der Waals surface area contributed by atoms with Crippen LogP contribution in [0.2, 0.25) is 0 Å². The van der Waals surface area contributed by atoms with Crippen molar-refractivity contribution in [2.24, 2.45) is 0 Å². The van der Waals surface area contributed by atoms with E-state index >= 15 is 0 Å². The fourth-order valence-corrected chi connectivity index (χ4v) is 0. The normalized spacial score (nSPS) is 11.3. The predicted octanol–water partition coefficient (Wildman–Crippen LogP) is -1.20. The molecule has 0 aliphatic carbocycles. The van der Waals surface area contributed by atoms with Crippen LogP contribution >= 0.6 is 0 Å². The van der Waals surface area contributed by atoms with Crippen LogP contribution in [-0.4, -0.2) is 42.1 Å². The molecule has 0 spiro atoms.